The molecule has 3 aromatic rings. The highest BCUT2D eigenvalue weighted by Gasteiger charge is 2.17. The van der Waals surface area contributed by atoms with Crippen molar-refractivity contribution in [2.75, 3.05) is 12.3 Å². The van der Waals surface area contributed by atoms with Gasteiger partial charge in [0, 0.05) is 11.4 Å². The summed E-state index contributed by atoms with van der Waals surface area (Å²) in [6.45, 7) is 2.81. The number of rotatable bonds is 8. The molecular formula is C18H25N5O. The van der Waals surface area contributed by atoms with Crippen molar-refractivity contribution in [3.63, 3.8) is 0 Å². The van der Waals surface area contributed by atoms with Crippen LogP contribution in [0.3, 0.4) is 0 Å². The Morgan fingerprint density at radius 3 is 2.83 bits per heavy atom. The fraction of sp³-hybridized carbons (Fsp3) is 0.444. The fourth-order valence-corrected chi connectivity index (χ4v) is 3.37. The zero-order valence-corrected chi connectivity index (χ0v) is 14.1. The minimum absolute atomic E-state index is 0.392. The number of imidazole rings is 1. The molecule has 24 heavy (non-hydrogen) atoms. The van der Waals surface area contributed by atoms with Crippen LogP contribution < -0.4 is 11.6 Å². The Kier molecular flexibility index (Phi) is 5.27. The van der Waals surface area contributed by atoms with Crippen molar-refractivity contribution >= 4 is 27.8 Å². The predicted molar refractivity (Wildman–Crippen MR) is 97.4 cm³/mol. The van der Waals surface area contributed by atoms with E-state index in [9.17, 15) is 0 Å². The van der Waals surface area contributed by atoms with Gasteiger partial charge >= 0.3 is 0 Å². The number of aromatic nitrogens is 3. The van der Waals surface area contributed by atoms with Crippen molar-refractivity contribution in [2.24, 2.45) is 5.90 Å². The van der Waals surface area contributed by atoms with E-state index in [4.69, 9.17) is 11.6 Å². The Morgan fingerprint density at radius 1 is 1.21 bits per heavy atom. The lowest BCUT2D eigenvalue weighted by atomic mass is 10.0. The lowest BCUT2D eigenvalue weighted by Gasteiger charge is -2.19. The highest BCUT2D eigenvalue weighted by Crippen LogP contribution is 2.32. The van der Waals surface area contributed by atoms with E-state index in [2.05, 4.69) is 32.4 Å². The number of nitrogens with zero attached hydrogens (tertiary/aromatic N) is 3. The van der Waals surface area contributed by atoms with Gasteiger partial charge in [0.2, 0.25) is 0 Å². The van der Waals surface area contributed by atoms with Crippen LogP contribution in [0.4, 0.5) is 5.82 Å². The maximum atomic E-state index is 6.13. The number of nitrogens with two attached hydrogens (primary N) is 2. The molecule has 0 amide bonds. The minimum atomic E-state index is 0.392. The van der Waals surface area contributed by atoms with Gasteiger partial charge in [0.15, 0.2) is 5.82 Å². The van der Waals surface area contributed by atoms with Crippen LogP contribution in [0.2, 0.25) is 0 Å². The van der Waals surface area contributed by atoms with Gasteiger partial charge in [0.1, 0.15) is 5.52 Å². The van der Waals surface area contributed by atoms with E-state index < -0.39 is 0 Å². The molecule has 0 radical (unpaired) electrons. The first-order valence-electron chi connectivity index (χ1n) is 8.58. The van der Waals surface area contributed by atoms with Gasteiger partial charge in [-0.2, -0.15) is 0 Å². The van der Waals surface area contributed by atoms with Crippen LogP contribution in [-0.2, 0) is 4.84 Å². The summed E-state index contributed by atoms with van der Waals surface area (Å²) in [7, 11) is 0. The molecule has 0 aliphatic heterocycles. The van der Waals surface area contributed by atoms with Crippen molar-refractivity contribution in [1.82, 2.24) is 14.5 Å². The Bertz CT molecular complexity index is 814. The summed E-state index contributed by atoms with van der Waals surface area (Å²) < 4.78 is 2.28. The second-order valence-corrected chi connectivity index (χ2v) is 6.17. The van der Waals surface area contributed by atoms with Crippen molar-refractivity contribution in [1.29, 1.82) is 0 Å². The number of nitrogen functional groups attached to an aromatic ring is 1. The van der Waals surface area contributed by atoms with Crippen LogP contribution in [0, 0.1) is 0 Å². The number of pyridine rings is 1. The van der Waals surface area contributed by atoms with E-state index >= 15 is 0 Å². The van der Waals surface area contributed by atoms with Crippen molar-refractivity contribution in [3.05, 3.63) is 30.6 Å². The summed E-state index contributed by atoms with van der Waals surface area (Å²) in [6, 6.07) is 8.49. The molecule has 6 nitrogen and oxygen atoms in total. The van der Waals surface area contributed by atoms with E-state index in [1.807, 2.05) is 24.5 Å². The number of fused-ring (bicyclic) bond motifs is 3. The van der Waals surface area contributed by atoms with Gasteiger partial charge in [0.05, 0.1) is 24.0 Å². The lowest BCUT2D eigenvalue weighted by Crippen LogP contribution is -2.09. The number of para-hydroxylation sites is 1. The standard InChI is InChI=1S/C18H25N5O/c1-2-7-13(8-5-6-11-24-20)23-12-21-16-17(23)14-9-3-4-10-15(14)22-18(16)19/h3-4,9-10,12-13H,2,5-8,11,20H2,1H3,(H2,19,22). The minimum Gasteiger partial charge on any atom is -0.382 e. The van der Waals surface area contributed by atoms with Crippen LogP contribution in [0.5, 0.6) is 0 Å². The summed E-state index contributed by atoms with van der Waals surface area (Å²) in [6.07, 6.45) is 7.24. The first-order valence-corrected chi connectivity index (χ1v) is 8.58. The Hall–Kier alpha value is -2.18. The molecule has 1 unspecified atom stereocenters. The molecule has 0 spiro atoms. The third-order valence-electron chi connectivity index (χ3n) is 4.50. The monoisotopic (exact) mass is 327 g/mol. The third-order valence-corrected chi connectivity index (χ3v) is 4.50. The molecule has 0 fully saturated rings. The average Bonchev–Trinajstić information content (AvgIpc) is 3.04. The zero-order chi connectivity index (χ0) is 16.9. The smallest absolute Gasteiger partial charge is 0.152 e. The van der Waals surface area contributed by atoms with Crippen LogP contribution in [0.25, 0.3) is 21.9 Å². The Balaban J connectivity index is 2.03. The van der Waals surface area contributed by atoms with Gasteiger partial charge in [-0.3, -0.25) is 0 Å². The normalized spacial score (nSPS) is 12.9. The first-order chi connectivity index (χ1) is 11.8. The van der Waals surface area contributed by atoms with Gasteiger partial charge in [-0.25, -0.2) is 15.9 Å². The van der Waals surface area contributed by atoms with Crippen LogP contribution >= 0.6 is 0 Å². The van der Waals surface area contributed by atoms with Crippen LogP contribution in [0.15, 0.2) is 30.6 Å². The van der Waals surface area contributed by atoms with Crippen molar-refractivity contribution in [2.45, 2.75) is 45.1 Å². The van der Waals surface area contributed by atoms with Gasteiger partial charge in [0.25, 0.3) is 0 Å². The number of unbranched alkanes of at least 4 members (excludes halogenated alkanes) is 1. The molecule has 0 saturated carbocycles. The number of anilines is 1. The molecule has 0 bridgehead atoms. The average molecular weight is 327 g/mol. The quantitative estimate of drug-likeness (QED) is 0.487. The molecule has 2 heterocycles. The van der Waals surface area contributed by atoms with Gasteiger partial charge in [-0.1, -0.05) is 31.5 Å². The van der Waals surface area contributed by atoms with Gasteiger partial charge in [-0.15, -0.1) is 0 Å². The van der Waals surface area contributed by atoms with Gasteiger partial charge in [-0.05, 0) is 31.7 Å². The lowest BCUT2D eigenvalue weighted by molar-refractivity contribution is 0.132. The molecule has 2 aromatic heterocycles. The molecule has 3 rings (SSSR count). The van der Waals surface area contributed by atoms with Crippen molar-refractivity contribution < 1.29 is 4.84 Å². The summed E-state index contributed by atoms with van der Waals surface area (Å²) in [4.78, 5) is 13.7. The topological polar surface area (TPSA) is 92.0 Å². The summed E-state index contributed by atoms with van der Waals surface area (Å²) in [5.74, 6) is 5.61. The molecule has 4 N–H and O–H groups in total. The first kappa shape index (κ1) is 16.7. The second-order valence-electron chi connectivity index (χ2n) is 6.17. The maximum Gasteiger partial charge on any atom is 0.152 e. The highest BCUT2D eigenvalue weighted by molar-refractivity contribution is 6.06. The summed E-state index contributed by atoms with van der Waals surface area (Å²) in [5, 5.41) is 1.10. The SMILES string of the molecule is CCCC(CCCCON)n1cnc2c(N)nc3ccccc3c21. The molecule has 1 atom stereocenters. The van der Waals surface area contributed by atoms with Crippen LogP contribution in [0.1, 0.15) is 45.1 Å². The predicted octanol–water partition coefficient (Wildman–Crippen LogP) is 3.57. The largest absolute Gasteiger partial charge is 0.382 e. The molecule has 0 saturated heterocycles. The number of hydrogen-bond donors (Lipinski definition) is 2. The number of hydrogen-bond acceptors (Lipinski definition) is 5. The number of benzene rings is 1. The zero-order valence-electron chi connectivity index (χ0n) is 14.1. The van der Waals surface area contributed by atoms with Gasteiger partial charge < -0.3 is 15.1 Å². The van der Waals surface area contributed by atoms with E-state index in [-0.39, 0.29) is 0 Å². The molecular weight excluding hydrogens is 302 g/mol. The summed E-state index contributed by atoms with van der Waals surface area (Å²) >= 11 is 0. The van der Waals surface area contributed by atoms with E-state index in [1.165, 1.54) is 0 Å². The highest BCUT2D eigenvalue weighted by atomic mass is 16.6. The molecule has 6 heteroatoms. The fourth-order valence-electron chi connectivity index (χ4n) is 3.37. The summed E-state index contributed by atoms with van der Waals surface area (Å²) in [5.41, 5.74) is 8.93. The van der Waals surface area contributed by atoms with Crippen molar-refractivity contribution in [3.8, 4) is 0 Å². The maximum absolute atomic E-state index is 6.13. The van der Waals surface area contributed by atoms with Crippen LogP contribution in [-0.4, -0.2) is 21.1 Å². The van der Waals surface area contributed by atoms with E-state index in [0.29, 0.717) is 18.5 Å². The third kappa shape index (κ3) is 3.20. The second kappa shape index (κ2) is 7.59. The van der Waals surface area contributed by atoms with E-state index in [1.54, 1.807) is 0 Å². The Labute approximate surface area is 141 Å². The molecule has 1 aromatic carbocycles. The Morgan fingerprint density at radius 2 is 2.04 bits per heavy atom. The molecule has 0 aliphatic carbocycles. The van der Waals surface area contributed by atoms with E-state index in [0.717, 1.165) is 54.0 Å². The molecule has 0 aliphatic rings. The molecule has 128 valence electrons.